The molecule has 1 aliphatic rings. The molecule has 0 heterocycles. The van der Waals surface area contributed by atoms with Gasteiger partial charge in [0.1, 0.15) is 0 Å². The Balaban J connectivity index is 2.48. The van der Waals surface area contributed by atoms with E-state index in [4.69, 9.17) is 0 Å². The maximum Gasteiger partial charge on any atom is 0.0330 e. The molecular weight excluding hydrogens is 246 g/mol. The van der Waals surface area contributed by atoms with Gasteiger partial charge in [0.25, 0.3) is 0 Å². The van der Waals surface area contributed by atoms with E-state index in [1.165, 1.54) is 38.6 Å². The SMILES string of the molecule is CCCC(CNCC(C)C)N(C)CC1(N(C)C)CCC1. The summed E-state index contributed by atoms with van der Waals surface area (Å²) in [6, 6.07) is 0.677. The average Bonchev–Trinajstić information content (AvgIpc) is 2.31. The van der Waals surface area contributed by atoms with E-state index in [0.29, 0.717) is 11.6 Å². The summed E-state index contributed by atoms with van der Waals surface area (Å²) in [7, 11) is 6.82. The first-order valence-electron chi connectivity index (χ1n) is 8.49. The third kappa shape index (κ3) is 5.01. The first kappa shape index (κ1) is 17.9. The van der Waals surface area contributed by atoms with Crippen molar-refractivity contribution in [1.82, 2.24) is 15.1 Å². The van der Waals surface area contributed by atoms with Crippen molar-refractivity contribution in [3.05, 3.63) is 0 Å². The van der Waals surface area contributed by atoms with Crippen molar-refractivity contribution in [2.75, 3.05) is 40.8 Å². The smallest absolute Gasteiger partial charge is 0.0330 e. The quantitative estimate of drug-likeness (QED) is 0.665. The molecule has 1 N–H and O–H groups in total. The molecule has 0 aliphatic heterocycles. The van der Waals surface area contributed by atoms with Gasteiger partial charge in [-0.1, -0.05) is 27.2 Å². The second kappa shape index (κ2) is 8.35. The summed E-state index contributed by atoms with van der Waals surface area (Å²) in [5, 5.41) is 3.65. The molecule has 1 saturated carbocycles. The van der Waals surface area contributed by atoms with E-state index in [-0.39, 0.29) is 0 Å². The van der Waals surface area contributed by atoms with Gasteiger partial charge in [0, 0.05) is 24.7 Å². The molecule has 0 saturated heterocycles. The van der Waals surface area contributed by atoms with Gasteiger partial charge in [0.2, 0.25) is 0 Å². The highest BCUT2D eigenvalue weighted by Crippen LogP contribution is 2.37. The van der Waals surface area contributed by atoms with Gasteiger partial charge in [-0.05, 0) is 59.3 Å². The molecule has 1 unspecified atom stereocenters. The molecule has 0 aromatic rings. The van der Waals surface area contributed by atoms with Crippen LogP contribution >= 0.6 is 0 Å². The number of hydrogen-bond acceptors (Lipinski definition) is 3. The fourth-order valence-electron chi connectivity index (χ4n) is 3.28. The summed E-state index contributed by atoms with van der Waals surface area (Å²) in [6.07, 6.45) is 6.69. The zero-order chi connectivity index (χ0) is 15.2. The molecule has 1 atom stereocenters. The van der Waals surface area contributed by atoms with E-state index in [0.717, 1.165) is 19.0 Å². The molecule has 0 radical (unpaired) electrons. The van der Waals surface area contributed by atoms with E-state index in [1.54, 1.807) is 0 Å². The summed E-state index contributed by atoms with van der Waals surface area (Å²) in [6.45, 7) is 10.3. The topological polar surface area (TPSA) is 18.5 Å². The second-order valence-electron chi connectivity index (χ2n) is 7.38. The molecular formula is C17H37N3. The van der Waals surface area contributed by atoms with Gasteiger partial charge >= 0.3 is 0 Å². The lowest BCUT2D eigenvalue weighted by atomic mass is 9.75. The van der Waals surface area contributed by atoms with Crippen LogP contribution in [0.4, 0.5) is 0 Å². The molecule has 1 aliphatic carbocycles. The van der Waals surface area contributed by atoms with Gasteiger partial charge in [-0.25, -0.2) is 0 Å². The Hall–Kier alpha value is -0.120. The lowest BCUT2D eigenvalue weighted by Crippen LogP contribution is -2.58. The van der Waals surface area contributed by atoms with Gasteiger partial charge in [0.05, 0.1) is 0 Å². The number of nitrogens with zero attached hydrogens (tertiary/aromatic N) is 2. The molecule has 0 spiro atoms. The Morgan fingerprint density at radius 3 is 2.15 bits per heavy atom. The Morgan fingerprint density at radius 2 is 1.75 bits per heavy atom. The van der Waals surface area contributed by atoms with E-state index in [2.05, 4.69) is 57.0 Å². The minimum absolute atomic E-state index is 0.443. The molecule has 3 nitrogen and oxygen atoms in total. The fraction of sp³-hybridized carbons (Fsp3) is 1.00. The minimum atomic E-state index is 0.443. The molecule has 0 amide bonds. The van der Waals surface area contributed by atoms with Crippen LogP contribution in [0, 0.1) is 5.92 Å². The van der Waals surface area contributed by atoms with Gasteiger partial charge in [-0.2, -0.15) is 0 Å². The molecule has 120 valence electrons. The summed E-state index contributed by atoms with van der Waals surface area (Å²) in [5.41, 5.74) is 0.443. The summed E-state index contributed by atoms with van der Waals surface area (Å²) < 4.78 is 0. The Kier molecular flexibility index (Phi) is 7.49. The standard InChI is InChI=1S/C17H37N3/c1-7-9-16(13-18-12-15(2)3)20(6)14-17(19(4)5)10-8-11-17/h15-16,18H,7-14H2,1-6H3. The molecule has 0 aromatic carbocycles. The molecule has 0 aromatic heterocycles. The van der Waals surface area contributed by atoms with E-state index >= 15 is 0 Å². The lowest BCUT2D eigenvalue weighted by Gasteiger charge is -2.50. The minimum Gasteiger partial charge on any atom is -0.315 e. The van der Waals surface area contributed by atoms with Gasteiger partial charge in [-0.3, -0.25) is 0 Å². The van der Waals surface area contributed by atoms with Gasteiger partial charge in [0.15, 0.2) is 0 Å². The highest BCUT2D eigenvalue weighted by Gasteiger charge is 2.40. The number of rotatable bonds is 10. The Morgan fingerprint density at radius 1 is 1.10 bits per heavy atom. The Bertz CT molecular complexity index is 259. The van der Waals surface area contributed by atoms with Crippen LogP contribution in [0.1, 0.15) is 52.9 Å². The molecule has 1 rings (SSSR count). The number of nitrogens with one attached hydrogen (secondary N) is 1. The van der Waals surface area contributed by atoms with Crippen molar-refractivity contribution in [3.8, 4) is 0 Å². The largest absolute Gasteiger partial charge is 0.315 e. The highest BCUT2D eigenvalue weighted by molar-refractivity contribution is 4.98. The van der Waals surface area contributed by atoms with Gasteiger partial charge in [-0.15, -0.1) is 0 Å². The van der Waals surface area contributed by atoms with Crippen molar-refractivity contribution in [3.63, 3.8) is 0 Å². The predicted octanol–water partition coefficient (Wildman–Crippen LogP) is 2.82. The maximum absolute atomic E-state index is 3.65. The monoisotopic (exact) mass is 283 g/mol. The summed E-state index contributed by atoms with van der Waals surface area (Å²) in [5.74, 6) is 0.738. The van der Waals surface area contributed by atoms with Crippen LogP contribution in [0.15, 0.2) is 0 Å². The lowest BCUT2D eigenvalue weighted by molar-refractivity contribution is 0.0149. The Labute approximate surface area is 127 Å². The normalized spacial score (nSPS) is 19.6. The fourth-order valence-corrected chi connectivity index (χ4v) is 3.28. The summed E-state index contributed by atoms with van der Waals surface area (Å²) in [4.78, 5) is 5.06. The van der Waals surface area contributed by atoms with Crippen molar-refractivity contribution in [1.29, 1.82) is 0 Å². The van der Waals surface area contributed by atoms with Crippen LogP contribution in [0.5, 0.6) is 0 Å². The number of hydrogen-bond donors (Lipinski definition) is 1. The van der Waals surface area contributed by atoms with Crippen molar-refractivity contribution in [2.45, 2.75) is 64.5 Å². The van der Waals surface area contributed by atoms with E-state index < -0.39 is 0 Å². The van der Waals surface area contributed by atoms with Crippen molar-refractivity contribution in [2.24, 2.45) is 5.92 Å². The first-order chi connectivity index (χ1) is 9.41. The van der Waals surface area contributed by atoms with Crippen LogP contribution < -0.4 is 5.32 Å². The maximum atomic E-state index is 3.65. The molecule has 3 heteroatoms. The zero-order valence-electron chi connectivity index (χ0n) is 14.7. The predicted molar refractivity (Wildman–Crippen MR) is 89.3 cm³/mol. The molecule has 0 bridgehead atoms. The van der Waals surface area contributed by atoms with Crippen LogP contribution in [-0.2, 0) is 0 Å². The van der Waals surface area contributed by atoms with Gasteiger partial charge < -0.3 is 15.1 Å². The molecule has 1 fully saturated rings. The van der Waals surface area contributed by atoms with Crippen molar-refractivity contribution < 1.29 is 0 Å². The molecule has 20 heavy (non-hydrogen) atoms. The zero-order valence-corrected chi connectivity index (χ0v) is 14.7. The third-order valence-electron chi connectivity index (χ3n) is 4.95. The average molecular weight is 284 g/mol. The van der Waals surface area contributed by atoms with E-state index in [1.807, 2.05) is 0 Å². The number of likely N-dealkylation sites (N-methyl/N-ethyl adjacent to an activating group) is 2. The van der Waals surface area contributed by atoms with Crippen LogP contribution in [-0.4, -0.2) is 62.2 Å². The summed E-state index contributed by atoms with van der Waals surface area (Å²) >= 11 is 0. The van der Waals surface area contributed by atoms with Crippen molar-refractivity contribution >= 4 is 0 Å². The van der Waals surface area contributed by atoms with Crippen LogP contribution in [0.25, 0.3) is 0 Å². The second-order valence-corrected chi connectivity index (χ2v) is 7.38. The third-order valence-corrected chi connectivity index (χ3v) is 4.95. The van der Waals surface area contributed by atoms with E-state index in [9.17, 15) is 0 Å². The van der Waals surface area contributed by atoms with Crippen LogP contribution in [0.3, 0.4) is 0 Å². The van der Waals surface area contributed by atoms with Crippen LogP contribution in [0.2, 0.25) is 0 Å². The highest BCUT2D eigenvalue weighted by atomic mass is 15.2. The first-order valence-corrected chi connectivity index (χ1v) is 8.49.